The van der Waals surface area contributed by atoms with Gasteiger partial charge in [0.25, 0.3) is 10.2 Å². The van der Waals surface area contributed by atoms with Crippen LogP contribution in [-0.4, -0.2) is 98.7 Å². The van der Waals surface area contributed by atoms with Crippen LogP contribution in [0.3, 0.4) is 0 Å². The zero-order chi connectivity index (χ0) is 18.3. The van der Waals surface area contributed by atoms with Crippen molar-refractivity contribution in [3.63, 3.8) is 0 Å². The Kier molecular flexibility index (Phi) is 8.08. The third-order valence-electron chi connectivity index (χ3n) is 5.05. The zero-order valence-electron chi connectivity index (χ0n) is 15.4. The highest BCUT2D eigenvalue weighted by Gasteiger charge is 2.34. The fourth-order valence-corrected chi connectivity index (χ4v) is 4.86. The molecule has 0 radical (unpaired) electrons. The van der Waals surface area contributed by atoms with Crippen LogP contribution in [-0.2, 0) is 15.0 Å². The molecule has 2 rings (SSSR count). The van der Waals surface area contributed by atoms with Gasteiger partial charge >= 0.3 is 0 Å². The lowest BCUT2D eigenvalue weighted by Gasteiger charge is -2.39. The number of nitrogens with two attached hydrogens (primary N) is 1. The average molecular weight is 376 g/mol. The number of nitrogens with zero attached hydrogens (tertiary/aromatic N) is 4. The van der Waals surface area contributed by atoms with Crippen LogP contribution in [0.4, 0.5) is 0 Å². The molecule has 2 saturated heterocycles. The third kappa shape index (κ3) is 5.89. The number of amides is 1. The highest BCUT2D eigenvalue weighted by atomic mass is 32.2. The molecule has 0 aromatic rings. The van der Waals surface area contributed by atoms with Gasteiger partial charge in [-0.3, -0.25) is 4.79 Å². The first-order chi connectivity index (χ1) is 11.9. The van der Waals surface area contributed by atoms with E-state index in [1.165, 1.54) is 4.31 Å². The topological polar surface area (TPSA) is 90.2 Å². The van der Waals surface area contributed by atoms with E-state index in [1.54, 1.807) is 9.21 Å². The normalized spacial score (nSPS) is 21.6. The Labute approximate surface area is 152 Å². The predicted octanol–water partition coefficient (Wildman–Crippen LogP) is -0.468. The molecule has 146 valence electrons. The second kappa shape index (κ2) is 9.82. The van der Waals surface area contributed by atoms with Crippen molar-refractivity contribution in [1.29, 1.82) is 0 Å². The third-order valence-corrected chi connectivity index (χ3v) is 7.09. The molecule has 0 aliphatic carbocycles. The minimum absolute atomic E-state index is 0.143. The van der Waals surface area contributed by atoms with Crippen molar-refractivity contribution in [2.75, 3.05) is 66.0 Å². The number of likely N-dealkylation sites (N-methyl/N-ethyl adjacent to an activating group) is 1. The molecule has 2 heterocycles. The molecular formula is C16H33N5O3S. The molecule has 0 bridgehead atoms. The van der Waals surface area contributed by atoms with E-state index in [9.17, 15) is 13.2 Å². The van der Waals surface area contributed by atoms with E-state index in [-0.39, 0.29) is 5.91 Å². The summed E-state index contributed by atoms with van der Waals surface area (Å²) in [6.07, 6.45) is 4.55. The molecule has 0 saturated carbocycles. The van der Waals surface area contributed by atoms with Gasteiger partial charge in [-0.1, -0.05) is 12.8 Å². The average Bonchev–Trinajstić information content (AvgIpc) is 2.62. The smallest absolute Gasteiger partial charge is 0.282 e. The number of hydrogen-bond acceptors (Lipinski definition) is 5. The summed E-state index contributed by atoms with van der Waals surface area (Å²) in [6, 6.07) is 0. The first kappa shape index (κ1) is 20.6. The van der Waals surface area contributed by atoms with Crippen LogP contribution in [0, 0.1) is 0 Å². The minimum Gasteiger partial charge on any atom is -0.340 e. The molecule has 2 fully saturated rings. The fraction of sp³-hybridized carbons (Fsp3) is 0.938. The van der Waals surface area contributed by atoms with Gasteiger partial charge in [0.1, 0.15) is 0 Å². The molecule has 1 amide bonds. The van der Waals surface area contributed by atoms with Crippen LogP contribution < -0.4 is 5.73 Å². The lowest BCUT2D eigenvalue weighted by molar-refractivity contribution is -0.132. The van der Waals surface area contributed by atoms with Crippen molar-refractivity contribution < 1.29 is 13.2 Å². The van der Waals surface area contributed by atoms with Gasteiger partial charge in [0.05, 0.1) is 0 Å². The number of carbonyl (C=O) groups is 1. The van der Waals surface area contributed by atoms with Gasteiger partial charge in [-0.2, -0.15) is 17.0 Å². The van der Waals surface area contributed by atoms with E-state index >= 15 is 0 Å². The highest BCUT2D eigenvalue weighted by molar-refractivity contribution is 7.86. The van der Waals surface area contributed by atoms with E-state index in [4.69, 9.17) is 5.73 Å². The van der Waals surface area contributed by atoms with Crippen LogP contribution in [0.5, 0.6) is 0 Å². The summed E-state index contributed by atoms with van der Waals surface area (Å²) in [7, 11) is -1.39. The second-order valence-corrected chi connectivity index (χ2v) is 8.87. The summed E-state index contributed by atoms with van der Waals surface area (Å²) in [4.78, 5) is 16.2. The number of unbranched alkanes of at least 4 members (excludes halogenated alkanes) is 3. The maximum Gasteiger partial charge on any atom is 0.282 e. The van der Waals surface area contributed by atoms with E-state index < -0.39 is 10.2 Å². The van der Waals surface area contributed by atoms with Gasteiger partial charge in [-0.25, -0.2) is 0 Å². The van der Waals surface area contributed by atoms with E-state index in [2.05, 4.69) is 4.90 Å². The van der Waals surface area contributed by atoms with Crippen LogP contribution >= 0.6 is 0 Å². The standard InChI is InChI=1S/C16H33N5O3S/c1-18-8-12-20(13-9-18)25(23,24)21-14-10-19(11-15-21)16(22)6-4-2-3-5-7-17/h2-15,17H2,1H3. The quantitative estimate of drug-likeness (QED) is 0.580. The van der Waals surface area contributed by atoms with Crippen LogP contribution in [0.25, 0.3) is 0 Å². The summed E-state index contributed by atoms with van der Waals surface area (Å²) in [5.41, 5.74) is 5.46. The van der Waals surface area contributed by atoms with Crippen molar-refractivity contribution in [3.8, 4) is 0 Å². The van der Waals surface area contributed by atoms with E-state index in [0.29, 0.717) is 52.2 Å². The molecule has 0 aromatic carbocycles. The highest BCUT2D eigenvalue weighted by Crippen LogP contribution is 2.15. The van der Waals surface area contributed by atoms with E-state index in [1.807, 2.05) is 7.05 Å². The minimum atomic E-state index is -3.39. The maximum atomic E-state index is 12.7. The van der Waals surface area contributed by atoms with Gasteiger partial charge in [0.15, 0.2) is 0 Å². The molecule has 2 aliphatic heterocycles. The Morgan fingerprint density at radius 2 is 1.36 bits per heavy atom. The van der Waals surface area contributed by atoms with Crippen molar-refractivity contribution in [3.05, 3.63) is 0 Å². The fourth-order valence-electron chi connectivity index (χ4n) is 3.28. The molecule has 0 atom stereocenters. The number of hydrogen-bond donors (Lipinski definition) is 1. The number of piperazine rings is 2. The van der Waals surface area contributed by atoms with Gasteiger partial charge in [0, 0.05) is 58.8 Å². The lowest BCUT2D eigenvalue weighted by atomic mass is 10.1. The van der Waals surface area contributed by atoms with Crippen molar-refractivity contribution in [2.24, 2.45) is 5.73 Å². The van der Waals surface area contributed by atoms with Gasteiger partial charge < -0.3 is 15.5 Å². The van der Waals surface area contributed by atoms with Gasteiger partial charge in [-0.15, -0.1) is 0 Å². The molecule has 8 nitrogen and oxygen atoms in total. The Morgan fingerprint density at radius 1 is 0.840 bits per heavy atom. The molecule has 0 spiro atoms. The number of rotatable bonds is 8. The summed E-state index contributed by atoms with van der Waals surface area (Å²) in [5.74, 6) is 0.143. The first-order valence-corrected chi connectivity index (χ1v) is 10.8. The summed E-state index contributed by atoms with van der Waals surface area (Å²) >= 11 is 0. The molecule has 2 aliphatic rings. The van der Waals surface area contributed by atoms with E-state index in [0.717, 1.165) is 38.8 Å². The zero-order valence-corrected chi connectivity index (χ0v) is 16.2. The van der Waals surface area contributed by atoms with Crippen LogP contribution in [0.2, 0.25) is 0 Å². The Bertz CT molecular complexity index is 512. The Morgan fingerprint density at radius 3 is 1.92 bits per heavy atom. The maximum absolute atomic E-state index is 12.7. The second-order valence-electron chi connectivity index (χ2n) is 6.94. The first-order valence-electron chi connectivity index (χ1n) is 9.37. The Balaban J connectivity index is 1.74. The molecule has 0 aromatic heterocycles. The van der Waals surface area contributed by atoms with Crippen LogP contribution in [0.15, 0.2) is 0 Å². The monoisotopic (exact) mass is 375 g/mol. The van der Waals surface area contributed by atoms with Gasteiger partial charge in [-0.05, 0) is 26.4 Å². The predicted molar refractivity (Wildman–Crippen MR) is 98.3 cm³/mol. The van der Waals surface area contributed by atoms with Crippen LogP contribution in [0.1, 0.15) is 32.1 Å². The molecule has 9 heteroatoms. The van der Waals surface area contributed by atoms with Crippen molar-refractivity contribution in [2.45, 2.75) is 32.1 Å². The SMILES string of the molecule is CN1CCN(S(=O)(=O)N2CCN(C(=O)CCCCCCN)CC2)CC1. The summed E-state index contributed by atoms with van der Waals surface area (Å²) in [6.45, 7) is 5.10. The summed E-state index contributed by atoms with van der Waals surface area (Å²) in [5, 5.41) is 0. The lowest BCUT2D eigenvalue weighted by Crippen LogP contribution is -2.57. The molecule has 2 N–H and O–H groups in total. The largest absolute Gasteiger partial charge is 0.340 e. The van der Waals surface area contributed by atoms with Gasteiger partial charge in [0.2, 0.25) is 5.91 Å². The molecule has 0 unspecified atom stereocenters. The Hall–Kier alpha value is -0.740. The van der Waals surface area contributed by atoms with Crippen molar-refractivity contribution in [1.82, 2.24) is 18.4 Å². The number of carbonyl (C=O) groups excluding carboxylic acids is 1. The molecular weight excluding hydrogens is 342 g/mol. The summed E-state index contributed by atoms with van der Waals surface area (Å²) < 4.78 is 28.5. The molecule has 25 heavy (non-hydrogen) atoms. The van der Waals surface area contributed by atoms with Crippen molar-refractivity contribution >= 4 is 16.1 Å².